The van der Waals surface area contributed by atoms with E-state index in [1.54, 1.807) is 24.4 Å². The molecule has 0 saturated carbocycles. The summed E-state index contributed by atoms with van der Waals surface area (Å²) < 4.78 is 17.0. The number of nitrogens with zero attached hydrogens (tertiary/aromatic N) is 6. The Bertz CT molecular complexity index is 1430. The fourth-order valence-electron chi connectivity index (χ4n) is 4.90. The smallest absolute Gasteiger partial charge is 0.259 e. The minimum Gasteiger partial charge on any atom is -0.352 e. The second-order valence-corrected chi connectivity index (χ2v) is 9.02. The molecule has 1 atom stereocenters. The number of benzene rings is 1. The van der Waals surface area contributed by atoms with Crippen LogP contribution in [0.15, 0.2) is 54.7 Å². The van der Waals surface area contributed by atoms with Crippen LogP contribution in [0.4, 0.5) is 16.0 Å². The molecule has 0 unspecified atom stereocenters. The third-order valence-electron chi connectivity index (χ3n) is 6.73. The van der Waals surface area contributed by atoms with E-state index >= 15 is 0 Å². The van der Waals surface area contributed by atoms with Crippen molar-refractivity contribution < 1.29 is 10.6 Å². The largest absolute Gasteiger partial charge is 0.352 e. The van der Waals surface area contributed by atoms with E-state index in [0.29, 0.717) is 36.3 Å². The molecule has 0 bridgehead atoms. The van der Waals surface area contributed by atoms with Gasteiger partial charge in [0.05, 0.1) is 5.56 Å². The maximum absolute atomic E-state index is 14.9. The molecule has 5 heterocycles. The maximum atomic E-state index is 14.9. The van der Waals surface area contributed by atoms with Gasteiger partial charge in [0.1, 0.15) is 29.0 Å². The van der Waals surface area contributed by atoms with Crippen LogP contribution >= 0.6 is 0 Å². The van der Waals surface area contributed by atoms with E-state index in [1.165, 1.54) is 6.07 Å². The molecule has 0 spiro atoms. The predicted molar refractivity (Wildman–Crippen MR) is 132 cm³/mol. The van der Waals surface area contributed by atoms with Crippen molar-refractivity contribution in [3.63, 3.8) is 0 Å². The zero-order chi connectivity index (χ0) is 23.9. The second kappa shape index (κ2) is 8.57. The monoisotopic (exact) mass is 471 g/mol. The van der Waals surface area contributed by atoms with Gasteiger partial charge in [-0.25, -0.2) is 14.4 Å². The van der Waals surface area contributed by atoms with Crippen molar-refractivity contribution in [2.24, 2.45) is 0 Å². The highest BCUT2D eigenvalue weighted by molar-refractivity contribution is 6.04. The molecule has 2 aliphatic rings. The Kier molecular flexibility index (Phi) is 5.24. The summed E-state index contributed by atoms with van der Waals surface area (Å²) in [6.07, 6.45) is 4.35. The Morgan fingerprint density at radius 2 is 2.03 bits per heavy atom. The number of fused-ring (bicyclic) bond motifs is 2. The van der Waals surface area contributed by atoms with Crippen LogP contribution in [0.1, 0.15) is 48.1 Å². The standard InChI is InChI=1S/C26H24FN7O.H2/c1-16-8-9-24-31-32-25(34(16)24)21-5-4-6-22(29-21)30-26(35)19-13-18-15-33(23-7-2-3-11-28-23)12-10-17(18)14-20(19)27;/h2-7,11,13-14,16H,8-10,12,15H2,1H3,(H,29,30,35);1H/t16-;/m1./s1. The van der Waals surface area contributed by atoms with Crippen molar-refractivity contribution in [3.05, 3.63) is 83.1 Å². The summed E-state index contributed by atoms with van der Waals surface area (Å²) in [5.41, 5.74) is 2.45. The van der Waals surface area contributed by atoms with E-state index in [1.807, 2.05) is 24.3 Å². The lowest BCUT2D eigenvalue weighted by atomic mass is 9.96. The van der Waals surface area contributed by atoms with E-state index in [-0.39, 0.29) is 6.99 Å². The lowest BCUT2D eigenvalue weighted by Crippen LogP contribution is -2.31. The molecule has 0 saturated heterocycles. The number of hydrogen-bond acceptors (Lipinski definition) is 6. The van der Waals surface area contributed by atoms with Crippen LogP contribution in [0.2, 0.25) is 0 Å². The predicted octanol–water partition coefficient (Wildman–Crippen LogP) is 4.44. The van der Waals surface area contributed by atoms with Gasteiger partial charge in [0.2, 0.25) is 0 Å². The van der Waals surface area contributed by atoms with Crippen LogP contribution in [0.25, 0.3) is 11.5 Å². The second-order valence-electron chi connectivity index (χ2n) is 9.02. The Morgan fingerprint density at radius 1 is 1.11 bits per heavy atom. The highest BCUT2D eigenvalue weighted by Crippen LogP contribution is 2.30. The molecule has 9 heteroatoms. The van der Waals surface area contributed by atoms with Crippen molar-refractivity contribution in [1.29, 1.82) is 0 Å². The summed E-state index contributed by atoms with van der Waals surface area (Å²) in [6.45, 7) is 3.44. The van der Waals surface area contributed by atoms with E-state index in [9.17, 15) is 9.18 Å². The Hall–Kier alpha value is -4.14. The third-order valence-corrected chi connectivity index (χ3v) is 6.73. The number of nitrogens with one attached hydrogen (secondary N) is 1. The summed E-state index contributed by atoms with van der Waals surface area (Å²) >= 11 is 0. The zero-order valence-electron chi connectivity index (χ0n) is 19.3. The number of pyridine rings is 2. The molecule has 6 rings (SSSR count). The van der Waals surface area contributed by atoms with E-state index in [2.05, 4.69) is 41.9 Å². The van der Waals surface area contributed by atoms with Gasteiger partial charge in [0, 0.05) is 33.2 Å². The number of carbonyl (C=O) groups excluding carboxylic acids is 1. The third kappa shape index (κ3) is 3.92. The minimum atomic E-state index is -0.537. The van der Waals surface area contributed by atoms with E-state index < -0.39 is 11.7 Å². The molecule has 8 nitrogen and oxygen atoms in total. The molecular formula is C26H26FN7O. The highest BCUT2D eigenvalue weighted by Gasteiger charge is 2.26. The molecule has 4 aromatic rings. The topological polar surface area (TPSA) is 88.8 Å². The Labute approximate surface area is 203 Å². The van der Waals surface area contributed by atoms with Gasteiger partial charge in [-0.05, 0) is 67.3 Å². The molecule has 178 valence electrons. The summed E-state index contributed by atoms with van der Waals surface area (Å²) in [5, 5.41) is 11.3. The molecule has 35 heavy (non-hydrogen) atoms. The lowest BCUT2D eigenvalue weighted by molar-refractivity contribution is 0.102. The highest BCUT2D eigenvalue weighted by atomic mass is 19.1. The van der Waals surface area contributed by atoms with Gasteiger partial charge in [-0.2, -0.15) is 0 Å². The molecule has 0 radical (unpaired) electrons. The SMILES string of the molecule is C[C@@H]1CCc2nnc(-c3cccc(NC(=O)c4cc5c(cc4F)CCN(c4ccccn4)C5)n3)n21.[HH]. The van der Waals surface area contributed by atoms with Gasteiger partial charge in [-0.3, -0.25) is 4.79 Å². The van der Waals surface area contributed by atoms with Crippen molar-refractivity contribution in [2.75, 3.05) is 16.8 Å². The van der Waals surface area contributed by atoms with Crippen LogP contribution in [-0.2, 0) is 19.4 Å². The summed E-state index contributed by atoms with van der Waals surface area (Å²) in [7, 11) is 0. The van der Waals surface area contributed by atoms with Crippen molar-refractivity contribution in [1.82, 2.24) is 24.7 Å². The van der Waals surface area contributed by atoms with Gasteiger partial charge in [-0.1, -0.05) is 12.1 Å². The van der Waals surface area contributed by atoms with Crippen LogP contribution in [0.3, 0.4) is 0 Å². The summed E-state index contributed by atoms with van der Waals surface area (Å²) in [5.74, 6) is 1.75. The molecule has 2 aliphatic heterocycles. The average molecular weight is 472 g/mol. The van der Waals surface area contributed by atoms with Gasteiger partial charge < -0.3 is 14.8 Å². The van der Waals surface area contributed by atoms with E-state index in [0.717, 1.165) is 42.2 Å². The van der Waals surface area contributed by atoms with Gasteiger partial charge in [0.25, 0.3) is 5.91 Å². The number of aryl methyl sites for hydroxylation is 1. The van der Waals surface area contributed by atoms with Crippen LogP contribution in [-0.4, -0.2) is 37.2 Å². The fourth-order valence-corrected chi connectivity index (χ4v) is 4.90. The van der Waals surface area contributed by atoms with Gasteiger partial charge in [-0.15, -0.1) is 10.2 Å². The molecule has 1 aromatic carbocycles. The number of hydrogen-bond donors (Lipinski definition) is 1. The first-order valence-corrected chi connectivity index (χ1v) is 11.8. The van der Waals surface area contributed by atoms with Crippen LogP contribution in [0, 0.1) is 5.82 Å². The summed E-state index contributed by atoms with van der Waals surface area (Å²) in [6, 6.07) is 14.5. The Morgan fingerprint density at radius 3 is 2.89 bits per heavy atom. The number of amides is 1. The molecule has 0 fully saturated rings. The van der Waals surface area contributed by atoms with Crippen molar-refractivity contribution in [3.8, 4) is 11.5 Å². The first-order valence-electron chi connectivity index (χ1n) is 11.8. The number of carbonyl (C=O) groups is 1. The molecule has 0 aliphatic carbocycles. The minimum absolute atomic E-state index is 0. The number of aromatic nitrogens is 5. The fraction of sp³-hybridized carbons (Fsp3) is 0.269. The lowest BCUT2D eigenvalue weighted by Gasteiger charge is -2.30. The van der Waals surface area contributed by atoms with E-state index in [4.69, 9.17) is 0 Å². The van der Waals surface area contributed by atoms with Crippen LogP contribution in [0.5, 0.6) is 0 Å². The molecular weight excluding hydrogens is 445 g/mol. The molecule has 1 N–H and O–H groups in total. The first-order chi connectivity index (χ1) is 17.1. The quantitative estimate of drug-likeness (QED) is 0.473. The maximum Gasteiger partial charge on any atom is 0.259 e. The van der Waals surface area contributed by atoms with Gasteiger partial charge in [0.15, 0.2) is 5.82 Å². The number of halogens is 1. The average Bonchev–Trinajstić information content (AvgIpc) is 3.47. The molecule has 3 aromatic heterocycles. The first kappa shape index (κ1) is 21.4. The van der Waals surface area contributed by atoms with Crippen LogP contribution < -0.4 is 10.2 Å². The van der Waals surface area contributed by atoms with Crippen molar-refractivity contribution >= 4 is 17.5 Å². The zero-order valence-corrected chi connectivity index (χ0v) is 19.3. The molecule has 1 amide bonds. The number of rotatable bonds is 4. The summed E-state index contributed by atoms with van der Waals surface area (Å²) in [4.78, 5) is 24.2. The van der Waals surface area contributed by atoms with Crippen molar-refractivity contribution in [2.45, 2.75) is 38.8 Å². The number of anilines is 2. The normalized spacial score (nSPS) is 16.6. The Balaban J connectivity index is 0.00000267. The van der Waals surface area contributed by atoms with Gasteiger partial charge >= 0.3 is 0 Å².